The van der Waals surface area contributed by atoms with E-state index in [-0.39, 0.29) is 5.41 Å². The van der Waals surface area contributed by atoms with Gasteiger partial charge in [-0.2, -0.15) is 0 Å². The zero-order chi connectivity index (χ0) is 37.5. The number of rotatable bonds is 8. The molecule has 3 heteroatoms. The Morgan fingerprint density at radius 3 is 1.64 bits per heavy atom. The second kappa shape index (κ2) is 14.5. The standard InChI is InChI=1S/C52H41NS2/c1-5-12-35(13-6-2)37-18-25-41(26-19-37)53(42-27-20-38(21-28-42)36-14-8-7-9-15-36)43-29-22-39(23-30-43)40-24-31-46-44(32-40)45-33-50-51(34-47(45)52(46,3)4)55-49-17-11-10-16-48(49)54-50/h5-34H,1H2,2-4H3/b13-6-,35-12+. The zero-order valence-corrected chi connectivity index (χ0v) is 32.9. The van der Waals surface area contributed by atoms with Crippen molar-refractivity contribution in [2.24, 2.45) is 0 Å². The van der Waals surface area contributed by atoms with Crippen LogP contribution in [0.4, 0.5) is 17.1 Å². The Balaban J connectivity index is 1.07. The summed E-state index contributed by atoms with van der Waals surface area (Å²) in [5, 5.41) is 0. The van der Waals surface area contributed by atoms with Gasteiger partial charge in [0, 0.05) is 42.1 Å². The monoisotopic (exact) mass is 743 g/mol. The fourth-order valence-electron chi connectivity index (χ4n) is 7.99. The van der Waals surface area contributed by atoms with Crippen LogP contribution in [0, 0.1) is 0 Å². The highest BCUT2D eigenvalue weighted by atomic mass is 32.2. The minimum atomic E-state index is -0.0640. The summed E-state index contributed by atoms with van der Waals surface area (Å²) in [7, 11) is 0. The molecule has 1 aliphatic carbocycles. The van der Waals surface area contributed by atoms with Crippen molar-refractivity contribution < 1.29 is 0 Å². The van der Waals surface area contributed by atoms with Crippen LogP contribution in [-0.2, 0) is 5.41 Å². The topological polar surface area (TPSA) is 3.24 Å². The highest BCUT2D eigenvalue weighted by Gasteiger charge is 2.37. The summed E-state index contributed by atoms with van der Waals surface area (Å²) in [6, 6.07) is 58.0. The third-order valence-corrected chi connectivity index (χ3v) is 13.3. The normalized spacial score (nSPS) is 13.8. The molecule has 9 rings (SSSR count). The molecule has 0 amide bonds. The average molecular weight is 744 g/mol. The highest BCUT2D eigenvalue weighted by molar-refractivity contribution is 8.05. The Bertz CT molecular complexity index is 2610. The number of anilines is 3. The molecule has 1 heterocycles. The van der Waals surface area contributed by atoms with Gasteiger partial charge in [0.25, 0.3) is 0 Å². The number of fused-ring (bicyclic) bond motifs is 5. The van der Waals surface area contributed by atoms with Gasteiger partial charge in [0.15, 0.2) is 0 Å². The van der Waals surface area contributed by atoms with Gasteiger partial charge in [0.1, 0.15) is 0 Å². The van der Waals surface area contributed by atoms with Crippen LogP contribution in [0.1, 0.15) is 37.5 Å². The fourth-order valence-corrected chi connectivity index (χ4v) is 10.3. The summed E-state index contributed by atoms with van der Waals surface area (Å²) >= 11 is 3.79. The van der Waals surface area contributed by atoms with E-state index in [9.17, 15) is 0 Å². The Labute approximate surface area is 333 Å². The molecule has 0 saturated heterocycles. The van der Waals surface area contributed by atoms with Gasteiger partial charge in [-0.3, -0.25) is 0 Å². The smallest absolute Gasteiger partial charge is 0.0462 e. The van der Waals surface area contributed by atoms with Crippen molar-refractivity contribution in [3.05, 3.63) is 205 Å². The lowest BCUT2D eigenvalue weighted by atomic mass is 9.82. The van der Waals surface area contributed by atoms with Crippen molar-refractivity contribution in [3.63, 3.8) is 0 Å². The molecule has 0 atom stereocenters. The second-order valence-electron chi connectivity index (χ2n) is 14.6. The van der Waals surface area contributed by atoms with Crippen molar-refractivity contribution in [2.45, 2.75) is 45.8 Å². The van der Waals surface area contributed by atoms with E-state index in [4.69, 9.17) is 0 Å². The van der Waals surface area contributed by atoms with E-state index in [1.54, 1.807) is 0 Å². The summed E-state index contributed by atoms with van der Waals surface area (Å²) in [6.45, 7) is 10.7. The Morgan fingerprint density at radius 1 is 0.527 bits per heavy atom. The van der Waals surface area contributed by atoms with Gasteiger partial charge >= 0.3 is 0 Å². The zero-order valence-electron chi connectivity index (χ0n) is 31.3. The highest BCUT2D eigenvalue weighted by Crippen LogP contribution is 2.56. The number of allylic oxidation sites excluding steroid dienone is 5. The first kappa shape index (κ1) is 35.0. The lowest BCUT2D eigenvalue weighted by Crippen LogP contribution is -2.15. The van der Waals surface area contributed by atoms with Gasteiger partial charge < -0.3 is 4.90 Å². The molecule has 0 aromatic heterocycles. The van der Waals surface area contributed by atoms with Crippen molar-refractivity contribution in [1.82, 2.24) is 0 Å². The van der Waals surface area contributed by atoms with E-state index < -0.39 is 0 Å². The van der Waals surface area contributed by atoms with Gasteiger partial charge in [-0.15, -0.1) is 0 Å². The quantitative estimate of drug-likeness (QED) is 0.143. The molecule has 0 unspecified atom stereocenters. The minimum absolute atomic E-state index is 0.0640. The van der Waals surface area contributed by atoms with Crippen molar-refractivity contribution in [2.75, 3.05) is 4.90 Å². The van der Waals surface area contributed by atoms with Crippen LogP contribution in [0.5, 0.6) is 0 Å². The molecule has 0 spiro atoms. The fraction of sp³-hybridized carbons (Fsp3) is 0.0769. The van der Waals surface area contributed by atoms with Gasteiger partial charge in [-0.05, 0) is 129 Å². The van der Waals surface area contributed by atoms with E-state index in [2.05, 4.69) is 201 Å². The first-order valence-electron chi connectivity index (χ1n) is 18.8. The van der Waals surface area contributed by atoms with E-state index in [1.165, 1.54) is 64.1 Å². The van der Waals surface area contributed by atoms with Crippen molar-refractivity contribution in [1.29, 1.82) is 0 Å². The lowest BCUT2D eigenvalue weighted by molar-refractivity contribution is 0.657. The third kappa shape index (κ3) is 6.48. The van der Waals surface area contributed by atoms with Gasteiger partial charge in [0.2, 0.25) is 0 Å². The van der Waals surface area contributed by atoms with Crippen LogP contribution in [-0.4, -0.2) is 0 Å². The molecule has 0 N–H and O–H groups in total. The van der Waals surface area contributed by atoms with Crippen molar-refractivity contribution in [3.8, 4) is 33.4 Å². The Morgan fingerprint density at radius 2 is 1.04 bits per heavy atom. The van der Waals surface area contributed by atoms with E-state index in [0.717, 1.165) is 28.2 Å². The summed E-state index contributed by atoms with van der Waals surface area (Å²) in [4.78, 5) is 7.73. The summed E-state index contributed by atoms with van der Waals surface area (Å²) in [5.41, 5.74) is 15.9. The number of benzene rings is 7. The molecule has 1 nitrogen and oxygen atoms in total. The van der Waals surface area contributed by atoms with E-state index in [1.807, 2.05) is 36.5 Å². The molecular formula is C52H41NS2. The lowest BCUT2D eigenvalue weighted by Gasteiger charge is -2.26. The minimum Gasteiger partial charge on any atom is -0.311 e. The van der Waals surface area contributed by atoms with Crippen LogP contribution in [0.15, 0.2) is 208 Å². The maximum Gasteiger partial charge on any atom is 0.0462 e. The summed E-state index contributed by atoms with van der Waals surface area (Å²) < 4.78 is 0. The maximum absolute atomic E-state index is 3.93. The molecule has 1 aliphatic heterocycles. The molecule has 2 aliphatic rings. The first-order valence-corrected chi connectivity index (χ1v) is 20.4. The van der Waals surface area contributed by atoms with Gasteiger partial charge in [0.05, 0.1) is 0 Å². The molecule has 0 fully saturated rings. The Hall–Kier alpha value is -5.74. The van der Waals surface area contributed by atoms with E-state index in [0.29, 0.717) is 0 Å². The number of nitrogens with zero attached hydrogens (tertiary/aromatic N) is 1. The predicted octanol–water partition coefficient (Wildman–Crippen LogP) is 15.6. The van der Waals surface area contributed by atoms with Crippen LogP contribution < -0.4 is 4.90 Å². The second-order valence-corrected chi connectivity index (χ2v) is 16.7. The van der Waals surface area contributed by atoms with E-state index >= 15 is 0 Å². The molecule has 0 saturated carbocycles. The molecule has 7 aromatic rings. The van der Waals surface area contributed by atoms with Crippen LogP contribution in [0.2, 0.25) is 0 Å². The van der Waals surface area contributed by atoms with Crippen molar-refractivity contribution >= 4 is 46.2 Å². The van der Waals surface area contributed by atoms with Gasteiger partial charge in [-0.1, -0.05) is 159 Å². The molecule has 0 radical (unpaired) electrons. The maximum atomic E-state index is 3.93. The SMILES string of the molecule is C=C/C=C(\C=C/C)c1ccc(N(c2ccc(-c3ccccc3)cc2)c2ccc(-c3ccc4c(c3)-c3cc5c(cc3C4(C)C)Sc3ccccc3S5)cc2)cc1. The molecular weight excluding hydrogens is 703 g/mol. The van der Waals surface area contributed by atoms with Crippen LogP contribution >= 0.6 is 23.5 Å². The van der Waals surface area contributed by atoms with Gasteiger partial charge in [-0.25, -0.2) is 0 Å². The molecule has 55 heavy (non-hydrogen) atoms. The summed E-state index contributed by atoms with van der Waals surface area (Å²) in [5.74, 6) is 0. The predicted molar refractivity (Wildman–Crippen MR) is 237 cm³/mol. The Kier molecular flexibility index (Phi) is 9.22. The number of hydrogen-bond acceptors (Lipinski definition) is 3. The first-order chi connectivity index (χ1) is 26.9. The molecule has 266 valence electrons. The average Bonchev–Trinajstić information content (AvgIpc) is 3.44. The third-order valence-electron chi connectivity index (χ3n) is 10.8. The molecule has 0 bridgehead atoms. The summed E-state index contributed by atoms with van der Waals surface area (Å²) in [6.07, 6.45) is 8.09. The molecule has 7 aromatic carbocycles. The largest absolute Gasteiger partial charge is 0.311 e. The van der Waals surface area contributed by atoms with Crippen LogP contribution in [0.25, 0.3) is 39.0 Å². The van der Waals surface area contributed by atoms with Crippen LogP contribution in [0.3, 0.4) is 0 Å². The number of hydrogen-bond donors (Lipinski definition) is 0.